The zero-order valence-electron chi connectivity index (χ0n) is 27.7. The molecule has 0 bridgehead atoms. The molecule has 5 rings (SSSR count). The number of rotatable bonds is 14. The van der Waals surface area contributed by atoms with Crippen molar-refractivity contribution in [1.82, 2.24) is 29.7 Å². The monoisotopic (exact) mass is 692 g/mol. The summed E-state index contributed by atoms with van der Waals surface area (Å²) in [5, 5.41) is 9.51. The molecule has 48 heavy (non-hydrogen) atoms. The van der Waals surface area contributed by atoms with Gasteiger partial charge >= 0.3 is 5.69 Å². The third-order valence-electron chi connectivity index (χ3n) is 8.68. The molecule has 3 aromatic carbocycles. The van der Waals surface area contributed by atoms with E-state index in [1.165, 1.54) is 10.8 Å². The number of aryl methyl sites for hydroxylation is 1. The second-order valence-corrected chi connectivity index (χ2v) is 14.2. The van der Waals surface area contributed by atoms with Gasteiger partial charge in [0.2, 0.25) is 0 Å². The van der Waals surface area contributed by atoms with Gasteiger partial charge in [0.05, 0.1) is 5.54 Å². The van der Waals surface area contributed by atoms with Crippen LogP contribution in [0.4, 0.5) is 0 Å². The zero-order valence-corrected chi connectivity index (χ0v) is 29.4. The van der Waals surface area contributed by atoms with Gasteiger partial charge in [0.1, 0.15) is 6.23 Å². The number of halogens is 1. The molecule has 0 saturated carbocycles. The van der Waals surface area contributed by atoms with Crippen molar-refractivity contribution < 1.29 is 9.30 Å². The molecule has 4 atom stereocenters. The highest BCUT2D eigenvalue weighted by molar-refractivity contribution is 7.57. The number of nitrogens with zero attached hydrogens (tertiary/aromatic N) is 2. The van der Waals surface area contributed by atoms with E-state index in [1.54, 1.807) is 14.0 Å². The Morgan fingerprint density at radius 2 is 1.52 bits per heavy atom. The number of aromatic amines is 1. The molecule has 0 radical (unpaired) electrons. The molecule has 256 valence electrons. The van der Waals surface area contributed by atoms with Crippen LogP contribution in [0.2, 0.25) is 0 Å². The summed E-state index contributed by atoms with van der Waals surface area (Å²) >= 11 is 0. The van der Waals surface area contributed by atoms with Crippen LogP contribution in [0.15, 0.2) is 119 Å². The van der Waals surface area contributed by atoms with Crippen molar-refractivity contribution in [2.75, 3.05) is 20.1 Å². The minimum Gasteiger partial charge on any atom is -0.337 e. The third kappa shape index (κ3) is 8.15. The van der Waals surface area contributed by atoms with Crippen molar-refractivity contribution in [3.05, 3.63) is 153 Å². The molecule has 0 aliphatic carbocycles. The van der Waals surface area contributed by atoms with E-state index in [0.29, 0.717) is 12.1 Å². The second kappa shape index (κ2) is 16.7. The van der Waals surface area contributed by atoms with Gasteiger partial charge in [-0.05, 0) is 56.8 Å². The lowest BCUT2D eigenvalue weighted by Gasteiger charge is -2.51. The quantitative estimate of drug-likeness (QED) is 0.0578. The number of hydrogen-bond donors (Lipinski definition) is 4. The highest BCUT2D eigenvalue weighted by atomic mass is 35.5. The fourth-order valence-corrected chi connectivity index (χ4v) is 8.07. The number of nitrogens with one attached hydrogen (secondary N) is 4. The largest absolute Gasteiger partial charge is 0.337 e. The maximum Gasteiger partial charge on any atom is 0.330 e. The van der Waals surface area contributed by atoms with Gasteiger partial charge in [-0.15, -0.1) is 19.0 Å². The van der Waals surface area contributed by atoms with E-state index in [4.69, 9.17) is 4.74 Å². The Balaban J connectivity index is 0.00000520. The first kappa shape index (κ1) is 37.2. The van der Waals surface area contributed by atoms with E-state index < -0.39 is 36.8 Å². The zero-order chi connectivity index (χ0) is 33.4. The Bertz CT molecular complexity index is 1690. The lowest BCUT2D eigenvalue weighted by Crippen LogP contribution is -2.60. The molecular weight excluding hydrogens is 647 g/mol. The van der Waals surface area contributed by atoms with Gasteiger partial charge in [-0.2, -0.15) is 0 Å². The van der Waals surface area contributed by atoms with Gasteiger partial charge in [0, 0.05) is 30.9 Å². The van der Waals surface area contributed by atoms with Gasteiger partial charge in [0.15, 0.2) is 6.23 Å². The minimum absolute atomic E-state index is 0. The maximum absolute atomic E-state index is 14.3. The van der Waals surface area contributed by atoms with Gasteiger partial charge in [-0.1, -0.05) is 97.1 Å². The smallest absolute Gasteiger partial charge is 0.330 e. The van der Waals surface area contributed by atoms with Crippen LogP contribution >= 0.6 is 20.0 Å². The summed E-state index contributed by atoms with van der Waals surface area (Å²) in [6.45, 7) is 8.04. The van der Waals surface area contributed by atoms with Crippen LogP contribution < -0.4 is 26.5 Å². The molecule has 1 aromatic heterocycles. The van der Waals surface area contributed by atoms with E-state index >= 15 is 0 Å². The van der Waals surface area contributed by atoms with E-state index in [-0.39, 0.29) is 25.0 Å². The fourth-order valence-electron chi connectivity index (χ4n) is 6.44. The topological polar surface area (TPSA) is 120 Å². The van der Waals surface area contributed by atoms with Gasteiger partial charge in [-0.25, -0.2) is 20.1 Å². The first-order valence-corrected chi connectivity index (χ1v) is 17.8. The van der Waals surface area contributed by atoms with Crippen molar-refractivity contribution in [2.24, 2.45) is 0 Å². The molecule has 1 saturated heterocycles. The van der Waals surface area contributed by atoms with Gasteiger partial charge in [-0.3, -0.25) is 23.8 Å². The Morgan fingerprint density at radius 1 is 0.979 bits per heavy atom. The van der Waals surface area contributed by atoms with Crippen LogP contribution in [0.5, 0.6) is 0 Å². The predicted octanol–water partition coefficient (Wildman–Crippen LogP) is 5.67. The number of allylic oxidation sites excluding steroid dienone is 1. The van der Waals surface area contributed by atoms with Crippen molar-refractivity contribution in [2.45, 2.75) is 57.1 Å². The van der Waals surface area contributed by atoms with E-state index in [2.05, 4.69) is 68.1 Å². The van der Waals surface area contributed by atoms with Crippen LogP contribution in [-0.4, -0.2) is 46.9 Å². The van der Waals surface area contributed by atoms with Gasteiger partial charge < -0.3 is 4.74 Å². The number of benzene rings is 3. The molecule has 1 aliphatic rings. The Kier molecular flexibility index (Phi) is 12.9. The Hall–Kier alpha value is -3.60. The average molecular weight is 693 g/mol. The van der Waals surface area contributed by atoms with Crippen LogP contribution in [-0.2, 0) is 14.8 Å². The molecule has 12 heteroatoms. The fraction of sp³-hybridized carbons (Fsp3) is 0.333. The lowest BCUT2D eigenvalue weighted by atomic mass is 9.75. The maximum atomic E-state index is 14.3. The first-order chi connectivity index (χ1) is 22.7. The predicted molar refractivity (Wildman–Crippen MR) is 194 cm³/mol. The van der Waals surface area contributed by atoms with E-state index in [9.17, 15) is 14.2 Å². The second-order valence-electron chi connectivity index (χ2n) is 12.0. The van der Waals surface area contributed by atoms with Gasteiger partial charge in [0.25, 0.3) is 13.2 Å². The number of unbranched alkanes of at least 4 members (excludes halogenated alkanes) is 1. The summed E-state index contributed by atoms with van der Waals surface area (Å²) in [6, 6.07) is 30.7. The molecule has 4 N–H and O–H groups in total. The molecule has 2 heterocycles. The summed E-state index contributed by atoms with van der Waals surface area (Å²) < 4.78 is 22.3. The van der Waals surface area contributed by atoms with Crippen LogP contribution in [0.1, 0.15) is 54.7 Å². The third-order valence-corrected chi connectivity index (χ3v) is 10.8. The summed E-state index contributed by atoms with van der Waals surface area (Å²) in [5.74, 6) is 0. The van der Waals surface area contributed by atoms with Crippen LogP contribution in [0.25, 0.3) is 0 Å². The standard InChI is InChI=1S/C36H45N6O4P.ClH/c1-5-6-10-17-28(3)39-47(45,37-4)40-32-25-41(26-33(46-32)42-24-27(2)34(43)38-35(42)44)36(29-18-11-7-12-19-29,30-20-13-8-14-21-30)31-22-15-9-16-23-31;/h5,7-9,11-16,18-24,28,32-33H,1,6,10,17,25-26H2,2-4H3,(H,38,43,44)(H3,37,39,40,45);1H. The molecule has 0 spiro atoms. The molecular formula is C36H46ClN6O4P. The lowest BCUT2D eigenvalue weighted by molar-refractivity contribution is -0.142. The summed E-state index contributed by atoms with van der Waals surface area (Å²) in [7, 11) is -1.74. The molecule has 10 nitrogen and oxygen atoms in total. The van der Waals surface area contributed by atoms with Crippen molar-refractivity contribution in [3.63, 3.8) is 0 Å². The van der Waals surface area contributed by atoms with Crippen molar-refractivity contribution in [1.29, 1.82) is 0 Å². The highest BCUT2D eigenvalue weighted by Crippen LogP contribution is 2.45. The molecule has 1 aliphatic heterocycles. The molecule has 0 amide bonds. The molecule has 1 fully saturated rings. The minimum atomic E-state index is -3.39. The molecule has 4 aromatic rings. The number of H-pyrrole nitrogens is 1. The number of hydrogen-bond acceptors (Lipinski definition) is 5. The molecule has 4 unspecified atom stereocenters. The van der Waals surface area contributed by atoms with Crippen LogP contribution in [0, 0.1) is 6.92 Å². The Labute approximate surface area is 288 Å². The highest BCUT2D eigenvalue weighted by Gasteiger charge is 2.47. The van der Waals surface area contributed by atoms with Crippen molar-refractivity contribution >= 4 is 20.0 Å². The number of morpholine rings is 1. The number of ether oxygens (including phenoxy) is 1. The average Bonchev–Trinajstić information content (AvgIpc) is 3.08. The van der Waals surface area contributed by atoms with E-state index in [1.807, 2.05) is 67.6 Å². The number of aromatic nitrogens is 2. The Morgan fingerprint density at radius 3 is 2.02 bits per heavy atom. The van der Waals surface area contributed by atoms with Crippen molar-refractivity contribution in [3.8, 4) is 0 Å². The SMILES string of the molecule is C=CCCCC(C)NP(=O)(NC)NC1CN(C(c2ccccc2)(c2ccccc2)c2ccccc2)CC(n2cc(C)c(=O)[nH]c2=O)O1.Cl. The van der Waals surface area contributed by atoms with Crippen LogP contribution in [0.3, 0.4) is 0 Å². The summed E-state index contributed by atoms with van der Waals surface area (Å²) in [5.41, 5.74) is 1.58. The summed E-state index contributed by atoms with van der Waals surface area (Å²) in [6.07, 6.45) is 4.37. The van der Waals surface area contributed by atoms with E-state index in [0.717, 1.165) is 36.0 Å². The normalized spacial score (nSPS) is 18.7. The first-order valence-electron chi connectivity index (χ1n) is 16.0. The summed E-state index contributed by atoms with van der Waals surface area (Å²) in [4.78, 5) is 30.3.